The minimum absolute atomic E-state index is 0.0661. The van der Waals surface area contributed by atoms with Gasteiger partial charge < -0.3 is 5.32 Å². The predicted octanol–water partition coefficient (Wildman–Crippen LogP) is 2.89. The highest BCUT2D eigenvalue weighted by molar-refractivity contribution is 4.88. The van der Waals surface area contributed by atoms with Crippen LogP contribution in [0.15, 0.2) is 0 Å². The lowest BCUT2D eigenvalue weighted by atomic mass is 9.77. The van der Waals surface area contributed by atoms with E-state index in [9.17, 15) is 13.2 Å². The summed E-state index contributed by atoms with van der Waals surface area (Å²) in [6.07, 6.45) is -0.668. The van der Waals surface area contributed by atoms with Crippen molar-refractivity contribution in [2.24, 2.45) is 17.8 Å². The lowest BCUT2D eigenvalue weighted by molar-refractivity contribution is -0.178. The van der Waals surface area contributed by atoms with Gasteiger partial charge in [-0.25, -0.2) is 0 Å². The Hall–Kier alpha value is -0.290. The Balaban J connectivity index is 2.05. The first kappa shape index (κ1) is 15.1. The van der Waals surface area contributed by atoms with Crippen molar-refractivity contribution in [1.29, 1.82) is 0 Å². The van der Waals surface area contributed by atoms with E-state index in [1.165, 1.54) is 6.42 Å². The van der Waals surface area contributed by atoms with Gasteiger partial charge in [0, 0.05) is 32.2 Å². The maximum atomic E-state index is 13.0. The fraction of sp³-hybridized carbons (Fsp3) is 1.00. The maximum Gasteiger partial charge on any atom is 0.394 e. The minimum Gasteiger partial charge on any atom is -0.315 e. The molecule has 0 amide bonds. The van der Waals surface area contributed by atoms with Gasteiger partial charge in [-0.05, 0) is 18.3 Å². The van der Waals surface area contributed by atoms with Crippen LogP contribution in [0.1, 0.15) is 33.1 Å². The van der Waals surface area contributed by atoms with Gasteiger partial charge in [-0.1, -0.05) is 26.7 Å². The molecule has 1 aliphatic heterocycles. The molecule has 2 rings (SSSR count). The van der Waals surface area contributed by atoms with Crippen LogP contribution in [0.4, 0.5) is 13.2 Å². The fourth-order valence-corrected chi connectivity index (χ4v) is 3.53. The van der Waals surface area contributed by atoms with Crippen LogP contribution in [-0.2, 0) is 0 Å². The minimum atomic E-state index is -4.08. The van der Waals surface area contributed by atoms with Crippen molar-refractivity contribution < 1.29 is 13.2 Å². The van der Waals surface area contributed by atoms with E-state index in [4.69, 9.17) is 0 Å². The third-order valence-electron chi connectivity index (χ3n) is 5.02. The highest BCUT2D eigenvalue weighted by atomic mass is 19.4. The SMILES string of the molecule is CC1CCCC(N2CCNCC(C(F)(F)F)C2)C1C. The third-order valence-corrected chi connectivity index (χ3v) is 5.02. The van der Waals surface area contributed by atoms with Crippen LogP contribution in [0, 0.1) is 17.8 Å². The van der Waals surface area contributed by atoms with Gasteiger partial charge in [0.1, 0.15) is 0 Å². The molecule has 1 saturated heterocycles. The van der Waals surface area contributed by atoms with Gasteiger partial charge in [0.05, 0.1) is 5.92 Å². The standard InChI is InChI=1S/C14H25F3N2/c1-10-4-3-5-13(11(10)2)19-7-6-18-8-12(9-19)14(15,16)17/h10-13,18H,3-9H2,1-2H3. The zero-order valence-electron chi connectivity index (χ0n) is 11.8. The van der Waals surface area contributed by atoms with E-state index < -0.39 is 12.1 Å². The van der Waals surface area contributed by atoms with Crippen molar-refractivity contribution >= 4 is 0 Å². The lowest BCUT2D eigenvalue weighted by Gasteiger charge is -2.42. The largest absolute Gasteiger partial charge is 0.394 e. The van der Waals surface area contributed by atoms with Crippen LogP contribution in [-0.4, -0.2) is 43.3 Å². The molecular weight excluding hydrogens is 253 g/mol. The summed E-state index contributed by atoms with van der Waals surface area (Å²) in [5.74, 6) is -0.0977. The van der Waals surface area contributed by atoms with Gasteiger partial charge in [-0.2, -0.15) is 13.2 Å². The Labute approximate surface area is 113 Å². The van der Waals surface area contributed by atoms with E-state index in [1.807, 2.05) is 0 Å². The molecule has 1 N–H and O–H groups in total. The molecule has 0 aromatic rings. The molecule has 0 radical (unpaired) electrons. The van der Waals surface area contributed by atoms with Crippen LogP contribution in [0.3, 0.4) is 0 Å². The molecule has 1 heterocycles. The maximum absolute atomic E-state index is 13.0. The fourth-order valence-electron chi connectivity index (χ4n) is 3.53. The van der Waals surface area contributed by atoms with Gasteiger partial charge >= 0.3 is 6.18 Å². The number of halogens is 3. The molecule has 1 aliphatic carbocycles. The summed E-state index contributed by atoms with van der Waals surface area (Å²) in [4.78, 5) is 2.10. The topological polar surface area (TPSA) is 15.3 Å². The molecule has 5 heteroatoms. The zero-order valence-corrected chi connectivity index (χ0v) is 11.8. The van der Waals surface area contributed by atoms with E-state index in [1.54, 1.807) is 0 Å². The molecule has 112 valence electrons. The average molecular weight is 278 g/mol. The summed E-state index contributed by atoms with van der Waals surface area (Å²) in [5.41, 5.74) is 0. The van der Waals surface area contributed by atoms with E-state index in [0.717, 1.165) is 19.4 Å². The number of hydrogen-bond acceptors (Lipinski definition) is 2. The molecule has 0 bridgehead atoms. The number of alkyl halides is 3. The van der Waals surface area contributed by atoms with Crippen LogP contribution in [0.2, 0.25) is 0 Å². The Morgan fingerprint density at radius 3 is 2.58 bits per heavy atom. The van der Waals surface area contributed by atoms with Crippen molar-refractivity contribution in [3.8, 4) is 0 Å². The summed E-state index contributed by atoms with van der Waals surface area (Å²) >= 11 is 0. The highest BCUT2D eigenvalue weighted by Crippen LogP contribution is 2.35. The first-order valence-electron chi connectivity index (χ1n) is 7.41. The van der Waals surface area contributed by atoms with E-state index >= 15 is 0 Å². The van der Waals surface area contributed by atoms with E-state index in [0.29, 0.717) is 24.4 Å². The molecule has 0 aromatic carbocycles. The number of nitrogens with zero attached hydrogens (tertiary/aromatic N) is 1. The number of rotatable bonds is 1. The first-order valence-corrected chi connectivity index (χ1v) is 7.41. The molecule has 2 fully saturated rings. The number of nitrogens with one attached hydrogen (secondary N) is 1. The van der Waals surface area contributed by atoms with Gasteiger partial charge in [0.15, 0.2) is 0 Å². The van der Waals surface area contributed by atoms with Crippen LogP contribution in [0.5, 0.6) is 0 Å². The molecule has 19 heavy (non-hydrogen) atoms. The first-order chi connectivity index (χ1) is 8.89. The van der Waals surface area contributed by atoms with Crippen LogP contribution >= 0.6 is 0 Å². The monoisotopic (exact) mass is 278 g/mol. The van der Waals surface area contributed by atoms with Crippen LogP contribution < -0.4 is 5.32 Å². The summed E-state index contributed by atoms with van der Waals surface area (Å²) < 4.78 is 38.9. The summed E-state index contributed by atoms with van der Waals surface area (Å²) in [6, 6.07) is 0.327. The molecule has 2 aliphatic rings. The van der Waals surface area contributed by atoms with Crippen molar-refractivity contribution in [2.75, 3.05) is 26.2 Å². The Morgan fingerprint density at radius 2 is 1.89 bits per heavy atom. The van der Waals surface area contributed by atoms with Gasteiger partial charge in [-0.3, -0.25) is 4.90 Å². The second-order valence-corrected chi connectivity index (χ2v) is 6.27. The lowest BCUT2D eigenvalue weighted by Crippen LogP contribution is -2.48. The zero-order chi connectivity index (χ0) is 14.0. The van der Waals surface area contributed by atoms with Gasteiger partial charge in [0.25, 0.3) is 0 Å². The molecular formula is C14H25F3N2. The quantitative estimate of drug-likeness (QED) is 0.793. The molecule has 0 aromatic heterocycles. The molecule has 4 atom stereocenters. The Kier molecular flexibility index (Phi) is 4.77. The normalized spacial score (nSPS) is 39.0. The third kappa shape index (κ3) is 3.63. The van der Waals surface area contributed by atoms with E-state index in [-0.39, 0.29) is 13.1 Å². The van der Waals surface area contributed by atoms with Crippen molar-refractivity contribution in [3.05, 3.63) is 0 Å². The summed E-state index contributed by atoms with van der Waals surface area (Å²) in [6.45, 7) is 6.08. The highest BCUT2D eigenvalue weighted by Gasteiger charge is 2.43. The molecule has 0 spiro atoms. The smallest absolute Gasteiger partial charge is 0.315 e. The second kappa shape index (κ2) is 6.00. The van der Waals surface area contributed by atoms with E-state index in [2.05, 4.69) is 24.1 Å². The Bertz CT molecular complexity index is 293. The summed E-state index contributed by atoms with van der Waals surface area (Å²) in [7, 11) is 0. The van der Waals surface area contributed by atoms with Crippen molar-refractivity contribution in [2.45, 2.75) is 45.3 Å². The second-order valence-electron chi connectivity index (χ2n) is 6.27. The number of hydrogen-bond donors (Lipinski definition) is 1. The van der Waals surface area contributed by atoms with Crippen molar-refractivity contribution in [3.63, 3.8) is 0 Å². The van der Waals surface area contributed by atoms with Gasteiger partial charge in [0.2, 0.25) is 0 Å². The van der Waals surface area contributed by atoms with Crippen LogP contribution in [0.25, 0.3) is 0 Å². The molecule has 2 nitrogen and oxygen atoms in total. The molecule has 1 saturated carbocycles. The Morgan fingerprint density at radius 1 is 1.16 bits per heavy atom. The van der Waals surface area contributed by atoms with Crippen molar-refractivity contribution in [1.82, 2.24) is 10.2 Å². The predicted molar refractivity (Wildman–Crippen MR) is 70.0 cm³/mol. The summed E-state index contributed by atoms with van der Waals surface area (Å²) in [5, 5.41) is 2.94. The van der Waals surface area contributed by atoms with Gasteiger partial charge in [-0.15, -0.1) is 0 Å². The molecule has 4 unspecified atom stereocenters. The average Bonchev–Trinajstić information content (AvgIpc) is 2.58.